The molecular formula is C11H22N2O4. The van der Waals surface area contributed by atoms with Crippen molar-refractivity contribution in [3.05, 3.63) is 12.2 Å². The molecule has 0 bridgehead atoms. The summed E-state index contributed by atoms with van der Waals surface area (Å²) in [6.07, 6.45) is -1.08. The number of quaternary nitrogens is 1. The van der Waals surface area contributed by atoms with Crippen molar-refractivity contribution < 1.29 is 24.3 Å². The van der Waals surface area contributed by atoms with Gasteiger partial charge in [0, 0.05) is 18.5 Å². The summed E-state index contributed by atoms with van der Waals surface area (Å²) in [6, 6.07) is 0. The Morgan fingerprint density at radius 1 is 1.35 bits per heavy atom. The Kier molecular flexibility index (Phi) is 8.99. The second-order valence-corrected chi connectivity index (χ2v) is 4.67. The van der Waals surface area contributed by atoms with Gasteiger partial charge in [-0.25, -0.2) is 0 Å². The monoisotopic (exact) mass is 246 g/mol. The fraction of sp³-hybridized carbons (Fsp3) is 0.636. The molecule has 0 spiro atoms. The van der Waals surface area contributed by atoms with E-state index in [0.29, 0.717) is 5.57 Å². The van der Waals surface area contributed by atoms with E-state index >= 15 is 0 Å². The highest BCUT2D eigenvalue weighted by atomic mass is 16.6. The summed E-state index contributed by atoms with van der Waals surface area (Å²) in [7, 11) is 6.42. The van der Waals surface area contributed by atoms with Gasteiger partial charge in [0.25, 0.3) is 0 Å². The van der Waals surface area contributed by atoms with Crippen LogP contribution in [0.1, 0.15) is 13.3 Å². The predicted octanol–water partition coefficient (Wildman–Crippen LogP) is -0.337. The Morgan fingerprint density at radius 3 is 2.06 bits per heavy atom. The number of amides is 1. The highest BCUT2D eigenvalue weighted by Crippen LogP contribution is 1.92. The van der Waals surface area contributed by atoms with E-state index < -0.39 is 6.16 Å². The molecule has 6 heteroatoms. The minimum atomic E-state index is -2.08. The van der Waals surface area contributed by atoms with Gasteiger partial charge in [0.1, 0.15) is 0 Å². The van der Waals surface area contributed by atoms with Gasteiger partial charge in [0.15, 0.2) is 0 Å². The topological polar surface area (TPSA) is 89.5 Å². The van der Waals surface area contributed by atoms with Crippen LogP contribution in [-0.2, 0) is 4.79 Å². The van der Waals surface area contributed by atoms with E-state index in [-0.39, 0.29) is 5.91 Å². The van der Waals surface area contributed by atoms with Gasteiger partial charge in [-0.2, -0.15) is 0 Å². The number of rotatable bonds is 5. The van der Waals surface area contributed by atoms with Crippen LogP contribution in [0.3, 0.4) is 0 Å². The van der Waals surface area contributed by atoms with E-state index in [0.717, 1.165) is 24.0 Å². The van der Waals surface area contributed by atoms with Gasteiger partial charge >= 0.3 is 0 Å². The molecule has 0 aliphatic heterocycles. The number of carboxylic acid groups (broad SMARTS) is 2. The first-order valence-electron chi connectivity index (χ1n) is 5.20. The third kappa shape index (κ3) is 20.5. The average molecular weight is 246 g/mol. The van der Waals surface area contributed by atoms with Crippen LogP contribution in [-0.4, -0.2) is 55.9 Å². The van der Waals surface area contributed by atoms with E-state index in [4.69, 9.17) is 15.0 Å². The van der Waals surface area contributed by atoms with Gasteiger partial charge in [0.2, 0.25) is 12.1 Å². The zero-order chi connectivity index (χ0) is 14.1. The van der Waals surface area contributed by atoms with Gasteiger partial charge < -0.3 is 24.8 Å². The molecule has 0 radical (unpaired) electrons. The first-order valence-corrected chi connectivity index (χ1v) is 5.20. The van der Waals surface area contributed by atoms with E-state index in [9.17, 15) is 4.79 Å². The van der Waals surface area contributed by atoms with Gasteiger partial charge in [-0.15, -0.1) is 0 Å². The molecule has 100 valence electrons. The molecule has 0 aliphatic carbocycles. The van der Waals surface area contributed by atoms with Crippen LogP contribution < -0.4 is 10.4 Å². The first kappa shape index (κ1) is 17.8. The molecule has 0 unspecified atom stereocenters. The molecule has 0 aromatic carbocycles. The molecule has 0 heterocycles. The molecule has 0 aromatic rings. The number of hydrogen-bond acceptors (Lipinski definition) is 3. The number of nitrogens with one attached hydrogen (secondary N) is 1. The summed E-state index contributed by atoms with van der Waals surface area (Å²) >= 11 is 0. The smallest absolute Gasteiger partial charge is 0.249 e. The molecule has 0 saturated carbocycles. The standard InChI is InChI=1S/C10H20N2O.CH2O3/c1-9(2)10(13)11-7-6-8-12(3,4)5;2-1(3)4/h1,6-8H2,2-5H3;(H2,2,3,4). The molecule has 0 atom stereocenters. The maximum Gasteiger partial charge on any atom is 0.249 e. The van der Waals surface area contributed by atoms with Crippen LogP contribution in [0.15, 0.2) is 12.2 Å². The lowest BCUT2D eigenvalue weighted by molar-refractivity contribution is -0.870. The zero-order valence-electron chi connectivity index (χ0n) is 10.9. The molecule has 0 fully saturated rings. The Bertz CT molecular complexity index is 265. The summed E-state index contributed by atoms with van der Waals surface area (Å²) in [5.74, 6) is -0.0404. The van der Waals surface area contributed by atoms with Crippen molar-refractivity contribution in [1.29, 1.82) is 0 Å². The third-order valence-corrected chi connectivity index (χ3v) is 1.68. The van der Waals surface area contributed by atoms with Crippen LogP contribution in [0.2, 0.25) is 0 Å². The SMILES string of the molecule is C=C(C)C(=O)NCCC[N+](C)(C)C.O=C([O-])O. The van der Waals surface area contributed by atoms with Crippen molar-refractivity contribution in [2.45, 2.75) is 13.3 Å². The Morgan fingerprint density at radius 2 is 1.76 bits per heavy atom. The van der Waals surface area contributed by atoms with Crippen LogP contribution in [0.4, 0.5) is 4.79 Å². The van der Waals surface area contributed by atoms with Crippen LogP contribution in [0.25, 0.3) is 0 Å². The molecule has 0 aromatic heterocycles. The minimum Gasteiger partial charge on any atom is -0.565 e. The lowest BCUT2D eigenvalue weighted by atomic mass is 10.3. The summed E-state index contributed by atoms with van der Waals surface area (Å²) in [4.78, 5) is 19.5. The number of nitrogens with zero attached hydrogens (tertiary/aromatic N) is 1. The van der Waals surface area contributed by atoms with Crippen LogP contribution in [0.5, 0.6) is 0 Å². The molecule has 0 saturated heterocycles. The highest BCUT2D eigenvalue weighted by Gasteiger charge is 2.06. The number of hydrogen-bond donors (Lipinski definition) is 2. The van der Waals surface area contributed by atoms with Crippen molar-refractivity contribution in [2.75, 3.05) is 34.2 Å². The molecular weight excluding hydrogens is 224 g/mol. The maximum atomic E-state index is 11.1. The van der Waals surface area contributed by atoms with E-state index in [2.05, 4.69) is 33.0 Å². The third-order valence-electron chi connectivity index (χ3n) is 1.68. The largest absolute Gasteiger partial charge is 0.565 e. The fourth-order valence-corrected chi connectivity index (χ4v) is 0.906. The van der Waals surface area contributed by atoms with Crippen molar-refractivity contribution in [2.24, 2.45) is 0 Å². The van der Waals surface area contributed by atoms with Crippen molar-refractivity contribution in [3.63, 3.8) is 0 Å². The summed E-state index contributed by atoms with van der Waals surface area (Å²) in [5.41, 5.74) is 0.574. The minimum absolute atomic E-state index is 0.0404. The molecule has 0 aliphatic rings. The number of carbonyl (C=O) groups is 2. The summed E-state index contributed by atoms with van der Waals surface area (Å²) in [6.45, 7) is 7.09. The molecule has 6 nitrogen and oxygen atoms in total. The van der Waals surface area contributed by atoms with Crippen molar-refractivity contribution >= 4 is 12.1 Å². The van der Waals surface area contributed by atoms with Gasteiger partial charge in [0.05, 0.1) is 27.7 Å². The second kappa shape index (κ2) is 8.58. The van der Waals surface area contributed by atoms with E-state index in [1.807, 2.05) is 0 Å². The summed E-state index contributed by atoms with van der Waals surface area (Å²) < 4.78 is 0.933. The molecule has 2 N–H and O–H groups in total. The average Bonchev–Trinajstić information content (AvgIpc) is 2.09. The highest BCUT2D eigenvalue weighted by molar-refractivity contribution is 5.91. The fourth-order valence-electron chi connectivity index (χ4n) is 0.906. The Balaban J connectivity index is 0. The lowest BCUT2D eigenvalue weighted by Gasteiger charge is -2.23. The Hall–Kier alpha value is -1.56. The number of carbonyl (C=O) groups excluding carboxylic acids is 1. The van der Waals surface area contributed by atoms with E-state index in [1.165, 1.54) is 0 Å². The second-order valence-electron chi connectivity index (χ2n) is 4.67. The van der Waals surface area contributed by atoms with Gasteiger partial charge in [-0.05, 0) is 6.92 Å². The molecule has 1 amide bonds. The Labute approximate surface area is 102 Å². The van der Waals surface area contributed by atoms with E-state index in [1.54, 1.807) is 6.92 Å². The van der Waals surface area contributed by atoms with Crippen LogP contribution in [0, 0.1) is 0 Å². The maximum absolute atomic E-state index is 11.1. The van der Waals surface area contributed by atoms with Gasteiger partial charge in [-0.3, -0.25) is 4.79 Å². The quantitative estimate of drug-likeness (QED) is 0.394. The first-order chi connectivity index (χ1) is 7.56. The van der Waals surface area contributed by atoms with Gasteiger partial charge in [-0.1, -0.05) is 6.58 Å². The van der Waals surface area contributed by atoms with Crippen molar-refractivity contribution in [1.82, 2.24) is 5.32 Å². The van der Waals surface area contributed by atoms with Crippen LogP contribution >= 0.6 is 0 Å². The molecule has 0 rings (SSSR count). The molecule has 17 heavy (non-hydrogen) atoms. The normalized spacial score (nSPS) is 9.88. The summed E-state index contributed by atoms with van der Waals surface area (Å²) in [5, 5.41) is 18.1. The predicted molar refractivity (Wildman–Crippen MR) is 63.4 cm³/mol. The lowest BCUT2D eigenvalue weighted by Crippen LogP contribution is -2.37. The van der Waals surface area contributed by atoms with Crippen molar-refractivity contribution in [3.8, 4) is 0 Å². The zero-order valence-corrected chi connectivity index (χ0v) is 10.9.